The van der Waals surface area contributed by atoms with E-state index in [1.807, 2.05) is 12.1 Å². The molecular weight excluding hydrogens is 248 g/mol. The number of sulfone groups is 1. The van der Waals surface area contributed by atoms with Crippen molar-refractivity contribution in [2.75, 3.05) is 36.8 Å². The predicted octanol–water partition coefficient (Wildman–Crippen LogP) is 1.28. The lowest BCUT2D eigenvalue weighted by Gasteiger charge is -2.22. The fourth-order valence-electron chi connectivity index (χ4n) is 2.13. The molecule has 0 amide bonds. The minimum atomic E-state index is -3.08. The van der Waals surface area contributed by atoms with Crippen molar-refractivity contribution in [2.24, 2.45) is 0 Å². The van der Waals surface area contributed by atoms with Crippen molar-refractivity contribution < 1.29 is 8.42 Å². The smallest absolute Gasteiger partial charge is 0.178 e. The van der Waals surface area contributed by atoms with Gasteiger partial charge in [0.25, 0.3) is 0 Å². The highest BCUT2D eigenvalue weighted by atomic mass is 32.2. The van der Waals surface area contributed by atoms with Crippen molar-refractivity contribution in [1.29, 1.82) is 0 Å². The standard InChI is InChI=1S/C13H20N2O2S/c1-2-18(16,17)13-6-4-12(5-7-13)15-10-3-8-14-9-11-15/h4-7,14H,2-3,8-11H2,1H3. The molecule has 0 unspecified atom stereocenters. The van der Waals surface area contributed by atoms with Crippen LogP contribution < -0.4 is 10.2 Å². The quantitative estimate of drug-likeness (QED) is 0.897. The van der Waals surface area contributed by atoms with E-state index in [0.29, 0.717) is 4.90 Å². The van der Waals surface area contributed by atoms with Crippen molar-refractivity contribution in [3.8, 4) is 0 Å². The number of nitrogens with one attached hydrogen (secondary N) is 1. The summed E-state index contributed by atoms with van der Waals surface area (Å²) in [5, 5.41) is 3.35. The lowest BCUT2D eigenvalue weighted by Crippen LogP contribution is -2.27. The topological polar surface area (TPSA) is 49.4 Å². The van der Waals surface area contributed by atoms with Gasteiger partial charge in [-0.1, -0.05) is 6.92 Å². The van der Waals surface area contributed by atoms with Crippen molar-refractivity contribution in [1.82, 2.24) is 5.32 Å². The van der Waals surface area contributed by atoms with Gasteiger partial charge in [0.2, 0.25) is 0 Å². The van der Waals surface area contributed by atoms with Gasteiger partial charge >= 0.3 is 0 Å². The highest BCUT2D eigenvalue weighted by Gasteiger charge is 2.13. The first-order valence-corrected chi connectivity index (χ1v) is 8.07. The Kier molecular flexibility index (Phi) is 4.24. The van der Waals surface area contributed by atoms with Gasteiger partial charge < -0.3 is 10.2 Å². The molecule has 2 rings (SSSR count). The van der Waals surface area contributed by atoms with Crippen LogP contribution in [0.1, 0.15) is 13.3 Å². The zero-order valence-corrected chi connectivity index (χ0v) is 11.5. The number of hydrogen-bond acceptors (Lipinski definition) is 4. The lowest BCUT2D eigenvalue weighted by molar-refractivity contribution is 0.597. The predicted molar refractivity (Wildman–Crippen MR) is 73.9 cm³/mol. The fraction of sp³-hybridized carbons (Fsp3) is 0.538. The number of anilines is 1. The van der Waals surface area contributed by atoms with E-state index < -0.39 is 9.84 Å². The monoisotopic (exact) mass is 268 g/mol. The second-order valence-corrected chi connectivity index (χ2v) is 6.77. The van der Waals surface area contributed by atoms with E-state index >= 15 is 0 Å². The Balaban J connectivity index is 2.16. The molecule has 1 aliphatic rings. The maximum absolute atomic E-state index is 11.7. The maximum Gasteiger partial charge on any atom is 0.178 e. The van der Waals surface area contributed by atoms with Crippen LogP contribution in [0, 0.1) is 0 Å². The van der Waals surface area contributed by atoms with Crippen molar-refractivity contribution in [2.45, 2.75) is 18.2 Å². The molecule has 0 aliphatic carbocycles. The Bertz CT molecular complexity index is 474. The van der Waals surface area contributed by atoms with Gasteiger partial charge in [0, 0.05) is 25.3 Å². The summed E-state index contributed by atoms with van der Waals surface area (Å²) in [7, 11) is -3.08. The summed E-state index contributed by atoms with van der Waals surface area (Å²) in [6.45, 7) is 5.70. The second-order valence-electron chi connectivity index (χ2n) is 4.49. The molecule has 0 saturated carbocycles. The van der Waals surface area contributed by atoms with E-state index in [-0.39, 0.29) is 5.75 Å². The number of nitrogens with zero attached hydrogens (tertiary/aromatic N) is 1. The van der Waals surface area contributed by atoms with Gasteiger partial charge in [-0.25, -0.2) is 8.42 Å². The minimum absolute atomic E-state index is 0.153. The van der Waals surface area contributed by atoms with E-state index in [0.717, 1.165) is 38.3 Å². The summed E-state index contributed by atoms with van der Waals surface area (Å²) in [5.41, 5.74) is 1.11. The third-order valence-corrected chi connectivity index (χ3v) is 5.03. The van der Waals surface area contributed by atoms with Crippen LogP contribution in [0.4, 0.5) is 5.69 Å². The molecule has 0 radical (unpaired) electrons. The summed E-state index contributed by atoms with van der Waals surface area (Å²) < 4.78 is 23.4. The normalized spacial score (nSPS) is 17.5. The second kappa shape index (κ2) is 5.71. The molecule has 1 saturated heterocycles. The first-order valence-electron chi connectivity index (χ1n) is 6.42. The lowest BCUT2D eigenvalue weighted by atomic mass is 10.2. The number of benzene rings is 1. The average molecular weight is 268 g/mol. The summed E-state index contributed by atoms with van der Waals surface area (Å²) in [6, 6.07) is 7.25. The minimum Gasteiger partial charge on any atom is -0.370 e. The van der Waals surface area contributed by atoms with Crippen LogP contribution in [0.2, 0.25) is 0 Å². The van der Waals surface area contributed by atoms with Crippen LogP contribution in [-0.2, 0) is 9.84 Å². The maximum atomic E-state index is 11.7. The van der Waals surface area contributed by atoms with Gasteiger partial charge in [-0.3, -0.25) is 0 Å². The van der Waals surface area contributed by atoms with E-state index in [4.69, 9.17) is 0 Å². The third-order valence-electron chi connectivity index (χ3n) is 3.28. The Morgan fingerprint density at radius 3 is 2.56 bits per heavy atom. The highest BCUT2D eigenvalue weighted by Crippen LogP contribution is 2.19. The Labute approximate surface area is 109 Å². The molecule has 0 spiro atoms. The first kappa shape index (κ1) is 13.4. The molecule has 4 nitrogen and oxygen atoms in total. The van der Waals surface area contributed by atoms with Crippen molar-refractivity contribution >= 4 is 15.5 Å². The number of hydrogen-bond donors (Lipinski definition) is 1. The van der Waals surface area contributed by atoms with Gasteiger partial charge in [0.15, 0.2) is 9.84 Å². The molecule has 100 valence electrons. The first-order chi connectivity index (χ1) is 8.63. The largest absolute Gasteiger partial charge is 0.370 e. The van der Waals surface area contributed by atoms with Crippen LogP contribution in [0.3, 0.4) is 0 Å². The van der Waals surface area contributed by atoms with Gasteiger partial charge in [0.05, 0.1) is 10.6 Å². The van der Waals surface area contributed by atoms with Gasteiger partial charge in [-0.05, 0) is 37.2 Å². The molecule has 1 heterocycles. The molecule has 1 fully saturated rings. The summed E-state index contributed by atoms with van der Waals surface area (Å²) in [6.07, 6.45) is 1.12. The van der Waals surface area contributed by atoms with Crippen LogP contribution in [0.25, 0.3) is 0 Å². The summed E-state index contributed by atoms with van der Waals surface area (Å²) in [5.74, 6) is 0.153. The molecule has 1 N–H and O–H groups in total. The fourth-order valence-corrected chi connectivity index (χ4v) is 3.02. The Morgan fingerprint density at radius 2 is 1.89 bits per heavy atom. The molecule has 0 bridgehead atoms. The molecule has 0 atom stereocenters. The van der Waals surface area contributed by atoms with E-state index in [2.05, 4.69) is 10.2 Å². The Morgan fingerprint density at radius 1 is 1.17 bits per heavy atom. The van der Waals surface area contributed by atoms with Crippen molar-refractivity contribution in [3.05, 3.63) is 24.3 Å². The average Bonchev–Trinajstić information content (AvgIpc) is 2.68. The molecule has 1 aromatic carbocycles. The molecule has 1 aromatic rings. The zero-order chi connectivity index (χ0) is 13.0. The van der Waals surface area contributed by atoms with Crippen LogP contribution >= 0.6 is 0 Å². The zero-order valence-electron chi connectivity index (χ0n) is 10.7. The van der Waals surface area contributed by atoms with Crippen LogP contribution in [0.5, 0.6) is 0 Å². The van der Waals surface area contributed by atoms with Crippen molar-refractivity contribution in [3.63, 3.8) is 0 Å². The van der Waals surface area contributed by atoms with Gasteiger partial charge in [-0.15, -0.1) is 0 Å². The summed E-state index contributed by atoms with van der Waals surface area (Å²) in [4.78, 5) is 2.71. The van der Waals surface area contributed by atoms with Gasteiger partial charge in [0.1, 0.15) is 0 Å². The molecule has 1 aliphatic heterocycles. The molecule has 18 heavy (non-hydrogen) atoms. The SMILES string of the molecule is CCS(=O)(=O)c1ccc(N2CCCNCC2)cc1. The third kappa shape index (κ3) is 3.03. The number of rotatable bonds is 3. The highest BCUT2D eigenvalue weighted by molar-refractivity contribution is 7.91. The van der Waals surface area contributed by atoms with E-state index in [1.54, 1.807) is 19.1 Å². The van der Waals surface area contributed by atoms with Crippen LogP contribution in [0.15, 0.2) is 29.2 Å². The van der Waals surface area contributed by atoms with Gasteiger partial charge in [-0.2, -0.15) is 0 Å². The van der Waals surface area contributed by atoms with E-state index in [1.165, 1.54) is 0 Å². The summed E-state index contributed by atoms with van der Waals surface area (Å²) >= 11 is 0. The van der Waals surface area contributed by atoms with Crippen LogP contribution in [-0.4, -0.2) is 40.3 Å². The Hall–Kier alpha value is -1.07. The molecular formula is C13H20N2O2S. The molecule has 5 heteroatoms. The van der Waals surface area contributed by atoms with E-state index in [9.17, 15) is 8.42 Å². The molecule has 0 aromatic heterocycles.